The second-order valence-corrected chi connectivity index (χ2v) is 6.37. The molecule has 0 saturated carbocycles. The van der Waals surface area contributed by atoms with Crippen LogP contribution in [0.5, 0.6) is 0 Å². The normalized spacial score (nSPS) is 16.7. The van der Waals surface area contributed by atoms with Crippen LogP contribution >= 0.6 is 0 Å². The molecule has 0 radical (unpaired) electrons. The van der Waals surface area contributed by atoms with Gasteiger partial charge in [0.25, 0.3) is 0 Å². The average molecular weight is 331 g/mol. The zero-order valence-electron chi connectivity index (χ0n) is 14.8. The van der Waals surface area contributed by atoms with Crippen LogP contribution in [0.15, 0.2) is 6.20 Å². The zero-order valence-corrected chi connectivity index (χ0v) is 14.8. The van der Waals surface area contributed by atoms with Gasteiger partial charge in [-0.2, -0.15) is 5.10 Å². The smallest absolute Gasteiger partial charge is 0.226 e. The summed E-state index contributed by atoms with van der Waals surface area (Å²) in [6, 6.07) is 0. The van der Waals surface area contributed by atoms with E-state index in [2.05, 4.69) is 25.3 Å². The Hall–Kier alpha value is -2.22. The van der Waals surface area contributed by atoms with Gasteiger partial charge >= 0.3 is 0 Å². The van der Waals surface area contributed by atoms with Crippen LogP contribution in [0.2, 0.25) is 0 Å². The van der Waals surface area contributed by atoms with Gasteiger partial charge in [0.1, 0.15) is 11.6 Å². The first-order valence-electron chi connectivity index (χ1n) is 8.36. The number of carbonyl (C=O) groups is 1. The molecule has 0 spiro atoms. The maximum atomic E-state index is 12.4. The third-order valence-corrected chi connectivity index (χ3v) is 4.51. The summed E-state index contributed by atoms with van der Waals surface area (Å²) >= 11 is 0. The maximum absolute atomic E-state index is 12.4. The molecule has 3 rings (SSSR count). The lowest BCUT2D eigenvalue weighted by molar-refractivity contribution is -0.135. The van der Waals surface area contributed by atoms with Crippen molar-refractivity contribution in [1.82, 2.24) is 30.0 Å². The van der Waals surface area contributed by atoms with Gasteiger partial charge in [-0.05, 0) is 14.0 Å². The lowest BCUT2D eigenvalue weighted by Crippen LogP contribution is -2.51. The summed E-state index contributed by atoms with van der Waals surface area (Å²) in [5, 5.41) is 8.33. The summed E-state index contributed by atoms with van der Waals surface area (Å²) in [5.41, 5.74) is 0.846. The number of fused-ring (bicyclic) bond motifs is 1. The van der Waals surface area contributed by atoms with E-state index in [1.807, 2.05) is 39.0 Å². The SMILES string of the molecule is CNCC(C)C(=O)N1CCN(c2nc(C)nc3c2cnn3C)CC1. The molecule has 1 aliphatic heterocycles. The van der Waals surface area contributed by atoms with E-state index in [4.69, 9.17) is 0 Å². The molecule has 1 amide bonds. The number of nitrogens with one attached hydrogen (secondary N) is 1. The Morgan fingerprint density at radius 1 is 1.29 bits per heavy atom. The minimum atomic E-state index is 0.00729. The van der Waals surface area contributed by atoms with Crippen LogP contribution in [-0.4, -0.2) is 70.3 Å². The number of hydrogen-bond acceptors (Lipinski definition) is 6. The van der Waals surface area contributed by atoms with Gasteiger partial charge in [-0.1, -0.05) is 6.92 Å². The molecule has 3 heterocycles. The standard InChI is InChI=1S/C16H25N7O/c1-11(9-17-3)16(24)23-7-5-22(6-8-23)15-13-10-18-21(4)14(13)19-12(2)20-15/h10-11,17H,5-9H2,1-4H3. The Bertz CT molecular complexity index is 733. The Balaban J connectivity index is 1.75. The number of carbonyl (C=O) groups excluding carboxylic acids is 1. The van der Waals surface area contributed by atoms with Crippen molar-refractivity contribution >= 4 is 22.8 Å². The van der Waals surface area contributed by atoms with E-state index in [9.17, 15) is 4.79 Å². The number of piperazine rings is 1. The van der Waals surface area contributed by atoms with E-state index >= 15 is 0 Å². The van der Waals surface area contributed by atoms with Crippen LogP contribution in [-0.2, 0) is 11.8 Å². The Kier molecular flexibility index (Phi) is 4.66. The van der Waals surface area contributed by atoms with Crippen molar-refractivity contribution in [3.8, 4) is 0 Å². The van der Waals surface area contributed by atoms with Crippen LogP contribution in [0.3, 0.4) is 0 Å². The topological polar surface area (TPSA) is 79.2 Å². The van der Waals surface area contributed by atoms with Crippen LogP contribution in [0, 0.1) is 12.8 Å². The van der Waals surface area contributed by atoms with E-state index in [0.29, 0.717) is 6.54 Å². The monoisotopic (exact) mass is 331 g/mol. The Morgan fingerprint density at radius 3 is 2.67 bits per heavy atom. The third-order valence-electron chi connectivity index (χ3n) is 4.51. The minimum absolute atomic E-state index is 0.00729. The minimum Gasteiger partial charge on any atom is -0.352 e. The van der Waals surface area contributed by atoms with Crippen molar-refractivity contribution in [3.63, 3.8) is 0 Å². The highest BCUT2D eigenvalue weighted by molar-refractivity contribution is 5.87. The first-order valence-corrected chi connectivity index (χ1v) is 8.36. The van der Waals surface area contributed by atoms with Crippen molar-refractivity contribution in [2.45, 2.75) is 13.8 Å². The molecule has 1 N–H and O–H groups in total. The first kappa shape index (κ1) is 16.6. The van der Waals surface area contributed by atoms with Crippen molar-refractivity contribution < 1.29 is 4.79 Å². The quantitative estimate of drug-likeness (QED) is 0.861. The second kappa shape index (κ2) is 6.72. The van der Waals surface area contributed by atoms with Crippen molar-refractivity contribution in [2.24, 2.45) is 13.0 Å². The van der Waals surface area contributed by atoms with Gasteiger partial charge < -0.3 is 15.1 Å². The van der Waals surface area contributed by atoms with E-state index in [0.717, 1.165) is 48.9 Å². The van der Waals surface area contributed by atoms with Crippen LogP contribution < -0.4 is 10.2 Å². The molecule has 1 saturated heterocycles. The maximum Gasteiger partial charge on any atom is 0.226 e. The largest absolute Gasteiger partial charge is 0.352 e. The molecule has 24 heavy (non-hydrogen) atoms. The number of rotatable bonds is 4. The number of aryl methyl sites for hydroxylation is 2. The summed E-state index contributed by atoms with van der Waals surface area (Å²) in [6.07, 6.45) is 1.82. The van der Waals surface area contributed by atoms with Gasteiger partial charge in [-0.25, -0.2) is 9.97 Å². The predicted molar refractivity (Wildman–Crippen MR) is 92.9 cm³/mol. The van der Waals surface area contributed by atoms with E-state index in [-0.39, 0.29) is 11.8 Å². The van der Waals surface area contributed by atoms with Crippen LogP contribution in [0.1, 0.15) is 12.7 Å². The van der Waals surface area contributed by atoms with E-state index < -0.39 is 0 Å². The summed E-state index contributed by atoms with van der Waals surface area (Å²) in [6.45, 7) is 7.57. The summed E-state index contributed by atoms with van der Waals surface area (Å²) in [5.74, 6) is 1.88. The molecule has 8 nitrogen and oxygen atoms in total. The van der Waals surface area contributed by atoms with Gasteiger partial charge in [0, 0.05) is 45.7 Å². The van der Waals surface area contributed by atoms with Crippen LogP contribution in [0.4, 0.5) is 5.82 Å². The van der Waals surface area contributed by atoms with Gasteiger partial charge in [-0.15, -0.1) is 0 Å². The average Bonchev–Trinajstić information content (AvgIpc) is 2.95. The zero-order chi connectivity index (χ0) is 17.3. The van der Waals surface area contributed by atoms with Gasteiger partial charge in [0.15, 0.2) is 5.65 Å². The van der Waals surface area contributed by atoms with Gasteiger partial charge in [-0.3, -0.25) is 9.48 Å². The lowest BCUT2D eigenvalue weighted by atomic mass is 10.1. The molecule has 1 fully saturated rings. The fraction of sp³-hybridized carbons (Fsp3) is 0.625. The predicted octanol–water partition coefficient (Wildman–Crippen LogP) is 0.176. The molecule has 1 atom stereocenters. The molecule has 130 valence electrons. The molecule has 1 unspecified atom stereocenters. The van der Waals surface area contributed by atoms with Crippen LogP contribution in [0.25, 0.3) is 11.0 Å². The number of anilines is 1. The van der Waals surface area contributed by atoms with Gasteiger partial charge in [0.05, 0.1) is 11.6 Å². The molecule has 0 aromatic carbocycles. The number of amides is 1. The summed E-state index contributed by atoms with van der Waals surface area (Å²) in [4.78, 5) is 25.7. The highest BCUT2D eigenvalue weighted by Crippen LogP contribution is 2.24. The number of hydrogen-bond donors (Lipinski definition) is 1. The number of aromatic nitrogens is 4. The molecule has 2 aromatic heterocycles. The highest BCUT2D eigenvalue weighted by Gasteiger charge is 2.26. The molecular weight excluding hydrogens is 306 g/mol. The van der Waals surface area contributed by atoms with Crippen molar-refractivity contribution in [3.05, 3.63) is 12.0 Å². The fourth-order valence-corrected chi connectivity index (χ4v) is 3.20. The molecule has 0 bridgehead atoms. The fourth-order valence-electron chi connectivity index (χ4n) is 3.20. The third kappa shape index (κ3) is 3.06. The Labute approximate surface area is 141 Å². The summed E-state index contributed by atoms with van der Waals surface area (Å²) < 4.78 is 1.77. The molecule has 2 aromatic rings. The molecular formula is C16H25N7O. The first-order chi connectivity index (χ1) is 11.5. The molecule has 8 heteroatoms. The highest BCUT2D eigenvalue weighted by atomic mass is 16.2. The van der Waals surface area contributed by atoms with E-state index in [1.165, 1.54) is 0 Å². The van der Waals surface area contributed by atoms with Crippen molar-refractivity contribution in [1.29, 1.82) is 0 Å². The van der Waals surface area contributed by atoms with Gasteiger partial charge in [0.2, 0.25) is 5.91 Å². The lowest BCUT2D eigenvalue weighted by Gasteiger charge is -2.36. The summed E-state index contributed by atoms with van der Waals surface area (Å²) in [7, 11) is 3.76. The molecule has 1 aliphatic rings. The molecule has 0 aliphatic carbocycles. The second-order valence-electron chi connectivity index (χ2n) is 6.37. The Morgan fingerprint density at radius 2 is 2.00 bits per heavy atom. The van der Waals surface area contributed by atoms with Crippen molar-refractivity contribution in [2.75, 3.05) is 44.7 Å². The number of nitrogens with zero attached hydrogens (tertiary/aromatic N) is 6. The van der Waals surface area contributed by atoms with E-state index in [1.54, 1.807) is 4.68 Å².